The Bertz CT molecular complexity index is 607. The summed E-state index contributed by atoms with van der Waals surface area (Å²) in [5.41, 5.74) is 2.71. The molecule has 0 aliphatic carbocycles. The molecule has 0 heterocycles. The predicted molar refractivity (Wildman–Crippen MR) is 76.2 cm³/mol. The molecule has 2 aromatic carbocycles. The van der Waals surface area contributed by atoms with E-state index in [9.17, 15) is 9.18 Å². The van der Waals surface area contributed by atoms with Crippen molar-refractivity contribution >= 4 is 21.8 Å². The number of nitrogens with two attached hydrogens (primary N) is 1. The van der Waals surface area contributed by atoms with E-state index in [0.29, 0.717) is 11.3 Å². The van der Waals surface area contributed by atoms with Crippen molar-refractivity contribution in [3.05, 3.63) is 64.4 Å². The first-order chi connectivity index (χ1) is 9.61. The van der Waals surface area contributed by atoms with E-state index in [-0.39, 0.29) is 4.47 Å². The van der Waals surface area contributed by atoms with Crippen molar-refractivity contribution in [1.29, 1.82) is 0 Å². The monoisotopic (exact) mass is 338 g/mol. The molecule has 2 rings (SSSR count). The second kappa shape index (κ2) is 6.49. The maximum Gasteiger partial charge on any atom is 0.279 e. The third-order valence-corrected chi connectivity index (χ3v) is 3.24. The number of rotatable bonds is 4. The number of hydrazine groups is 1. The third-order valence-electron chi connectivity index (χ3n) is 2.63. The van der Waals surface area contributed by atoms with Gasteiger partial charge in [-0.25, -0.2) is 10.2 Å². The van der Waals surface area contributed by atoms with Crippen molar-refractivity contribution in [3.8, 4) is 5.75 Å². The third kappa shape index (κ3) is 3.34. The van der Waals surface area contributed by atoms with Crippen LogP contribution in [0.1, 0.15) is 11.7 Å². The van der Waals surface area contributed by atoms with Crippen molar-refractivity contribution in [3.63, 3.8) is 0 Å². The van der Waals surface area contributed by atoms with Gasteiger partial charge in [0, 0.05) is 5.56 Å². The van der Waals surface area contributed by atoms with Crippen LogP contribution in [0.5, 0.6) is 5.75 Å². The lowest BCUT2D eigenvalue weighted by Crippen LogP contribution is -2.37. The minimum absolute atomic E-state index is 0.259. The fourth-order valence-electron chi connectivity index (χ4n) is 1.66. The second-order valence-electron chi connectivity index (χ2n) is 3.99. The molecule has 0 bridgehead atoms. The summed E-state index contributed by atoms with van der Waals surface area (Å²) in [6, 6.07) is 13.1. The van der Waals surface area contributed by atoms with Crippen LogP contribution in [-0.2, 0) is 4.79 Å². The number of carbonyl (C=O) groups is 1. The average molecular weight is 339 g/mol. The quantitative estimate of drug-likeness (QED) is 0.511. The minimum Gasteiger partial charge on any atom is -0.476 e. The van der Waals surface area contributed by atoms with Crippen LogP contribution in [0.15, 0.2) is 53.0 Å². The van der Waals surface area contributed by atoms with Crippen LogP contribution >= 0.6 is 15.9 Å². The Balaban J connectivity index is 2.28. The molecule has 6 heteroatoms. The highest BCUT2D eigenvalue weighted by atomic mass is 79.9. The molecule has 1 amide bonds. The fraction of sp³-hybridized carbons (Fsp3) is 0.0714. The second-order valence-corrected chi connectivity index (χ2v) is 4.85. The van der Waals surface area contributed by atoms with E-state index in [1.807, 2.05) is 6.07 Å². The summed E-state index contributed by atoms with van der Waals surface area (Å²) in [5.74, 6) is 4.63. The van der Waals surface area contributed by atoms with E-state index in [0.717, 1.165) is 0 Å². The number of hydrogen-bond donors (Lipinski definition) is 2. The van der Waals surface area contributed by atoms with E-state index >= 15 is 0 Å². The molecule has 2 aromatic rings. The molecule has 0 aromatic heterocycles. The summed E-state index contributed by atoms with van der Waals surface area (Å²) >= 11 is 3.07. The maximum atomic E-state index is 13.2. The molecule has 0 aliphatic rings. The molecule has 104 valence electrons. The number of ether oxygens (including phenoxy) is 1. The summed E-state index contributed by atoms with van der Waals surface area (Å²) in [5, 5.41) is 0. The number of nitrogens with one attached hydrogen (secondary N) is 1. The summed E-state index contributed by atoms with van der Waals surface area (Å²) < 4.78 is 19.0. The number of amides is 1. The molecule has 20 heavy (non-hydrogen) atoms. The summed E-state index contributed by atoms with van der Waals surface area (Å²) in [4.78, 5) is 11.8. The lowest BCUT2D eigenvalue weighted by molar-refractivity contribution is -0.128. The van der Waals surface area contributed by atoms with Crippen LogP contribution in [0.3, 0.4) is 0 Å². The summed E-state index contributed by atoms with van der Waals surface area (Å²) in [6.45, 7) is 0. The Labute approximate surface area is 123 Å². The Kier molecular flexibility index (Phi) is 4.70. The molecule has 3 N–H and O–H groups in total. The highest BCUT2D eigenvalue weighted by molar-refractivity contribution is 9.10. The van der Waals surface area contributed by atoms with Gasteiger partial charge in [0.2, 0.25) is 6.10 Å². The van der Waals surface area contributed by atoms with E-state index in [2.05, 4.69) is 21.4 Å². The first-order valence-electron chi connectivity index (χ1n) is 5.79. The first-order valence-corrected chi connectivity index (χ1v) is 6.58. The van der Waals surface area contributed by atoms with E-state index in [1.54, 1.807) is 24.3 Å². The standard InChI is InChI=1S/C14H12BrFN2O2/c15-11-8-10(6-7-12(11)16)20-13(14(19)18-17)9-4-2-1-3-5-9/h1-8,13H,17H2,(H,18,19). The molecule has 1 atom stereocenters. The Hall–Kier alpha value is -1.92. The van der Waals surface area contributed by atoms with Gasteiger partial charge in [0.15, 0.2) is 0 Å². The van der Waals surface area contributed by atoms with Crippen molar-refractivity contribution in [1.82, 2.24) is 5.43 Å². The molecular weight excluding hydrogens is 327 g/mol. The number of carbonyl (C=O) groups excluding carboxylic acids is 1. The molecule has 0 aliphatic heterocycles. The summed E-state index contributed by atoms with van der Waals surface area (Å²) in [7, 11) is 0. The predicted octanol–water partition coefficient (Wildman–Crippen LogP) is 2.70. The summed E-state index contributed by atoms with van der Waals surface area (Å²) in [6.07, 6.45) is -0.904. The number of halogens is 2. The van der Waals surface area contributed by atoms with Crippen LogP contribution in [0, 0.1) is 5.82 Å². The topological polar surface area (TPSA) is 64.3 Å². The van der Waals surface area contributed by atoms with Gasteiger partial charge in [0.05, 0.1) is 4.47 Å². The van der Waals surface area contributed by atoms with Crippen molar-refractivity contribution in [2.75, 3.05) is 0 Å². The Morgan fingerprint density at radius 2 is 1.95 bits per heavy atom. The van der Waals surface area contributed by atoms with Gasteiger partial charge < -0.3 is 4.74 Å². The van der Waals surface area contributed by atoms with Crippen LogP contribution in [-0.4, -0.2) is 5.91 Å². The van der Waals surface area contributed by atoms with Crippen LogP contribution in [0.4, 0.5) is 4.39 Å². The highest BCUT2D eigenvalue weighted by Crippen LogP contribution is 2.26. The Morgan fingerprint density at radius 3 is 2.55 bits per heavy atom. The zero-order valence-electron chi connectivity index (χ0n) is 10.3. The smallest absolute Gasteiger partial charge is 0.279 e. The van der Waals surface area contributed by atoms with Gasteiger partial charge >= 0.3 is 0 Å². The van der Waals surface area contributed by atoms with E-state index in [1.165, 1.54) is 18.2 Å². The molecule has 0 radical (unpaired) electrons. The Morgan fingerprint density at radius 1 is 1.25 bits per heavy atom. The van der Waals surface area contributed by atoms with E-state index in [4.69, 9.17) is 10.6 Å². The van der Waals surface area contributed by atoms with Crippen LogP contribution in [0.25, 0.3) is 0 Å². The van der Waals surface area contributed by atoms with Gasteiger partial charge in [0.1, 0.15) is 11.6 Å². The molecular formula is C14H12BrFN2O2. The average Bonchev–Trinajstić information content (AvgIpc) is 2.48. The van der Waals surface area contributed by atoms with Gasteiger partial charge in [-0.1, -0.05) is 30.3 Å². The zero-order chi connectivity index (χ0) is 14.5. The van der Waals surface area contributed by atoms with Crippen LogP contribution in [0.2, 0.25) is 0 Å². The lowest BCUT2D eigenvalue weighted by atomic mass is 10.1. The SMILES string of the molecule is NNC(=O)C(Oc1ccc(F)c(Br)c1)c1ccccc1. The zero-order valence-corrected chi connectivity index (χ0v) is 11.9. The van der Waals surface area contributed by atoms with Gasteiger partial charge in [-0.2, -0.15) is 0 Å². The molecule has 4 nitrogen and oxygen atoms in total. The normalized spacial score (nSPS) is 11.8. The fourth-order valence-corrected chi connectivity index (χ4v) is 2.02. The molecule has 0 saturated carbocycles. The molecule has 0 spiro atoms. The van der Waals surface area contributed by atoms with Crippen molar-refractivity contribution in [2.45, 2.75) is 6.10 Å². The molecule has 0 saturated heterocycles. The first kappa shape index (κ1) is 14.5. The van der Waals surface area contributed by atoms with Crippen LogP contribution < -0.4 is 16.0 Å². The molecule has 0 fully saturated rings. The van der Waals surface area contributed by atoms with Gasteiger partial charge in [0.25, 0.3) is 5.91 Å². The van der Waals surface area contributed by atoms with Crippen molar-refractivity contribution < 1.29 is 13.9 Å². The number of hydrogen-bond acceptors (Lipinski definition) is 3. The van der Waals surface area contributed by atoms with E-state index < -0.39 is 17.8 Å². The molecule has 1 unspecified atom stereocenters. The lowest BCUT2D eigenvalue weighted by Gasteiger charge is -2.18. The van der Waals surface area contributed by atoms with Gasteiger partial charge in [-0.05, 0) is 34.1 Å². The van der Waals surface area contributed by atoms with Crippen molar-refractivity contribution in [2.24, 2.45) is 5.84 Å². The number of benzene rings is 2. The minimum atomic E-state index is -0.904. The maximum absolute atomic E-state index is 13.2. The van der Waals surface area contributed by atoms with Gasteiger partial charge in [-0.15, -0.1) is 0 Å². The highest BCUT2D eigenvalue weighted by Gasteiger charge is 2.22. The van der Waals surface area contributed by atoms with Gasteiger partial charge in [-0.3, -0.25) is 10.2 Å². The largest absolute Gasteiger partial charge is 0.476 e.